The van der Waals surface area contributed by atoms with Gasteiger partial charge in [0, 0.05) is 15.7 Å². The van der Waals surface area contributed by atoms with E-state index in [0.29, 0.717) is 5.56 Å². The standard InChI is InChI=1S/C12H15IN2O2/c1-12(2,11(14)17)7-15-10(16)8-4-3-5-9(13)6-8/h3-6H,7H2,1-2H3,(H2,14,17)(H,15,16). The third-order valence-corrected chi connectivity index (χ3v) is 3.12. The summed E-state index contributed by atoms with van der Waals surface area (Å²) >= 11 is 2.14. The van der Waals surface area contributed by atoms with Gasteiger partial charge in [-0.15, -0.1) is 0 Å². The Balaban J connectivity index is 2.65. The monoisotopic (exact) mass is 346 g/mol. The van der Waals surface area contributed by atoms with Crippen LogP contribution in [0.3, 0.4) is 0 Å². The Morgan fingerprint density at radius 1 is 1.41 bits per heavy atom. The van der Waals surface area contributed by atoms with E-state index in [2.05, 4.69) is 27.9 Å². The molecule has 4 nitrogen and oxygen atoms in total. The molecule has 0 saturated carbocycles. The number of hydrogen-bond donors (Lipinski definition) is 2. The molecule has 2 amide bonds. The van der Waals surface area contributed by atoms with Crippen molar-refractivity contribution in [1.82, 2.24) is 5.32 Å². The van der Waals surface area contributed by atoms with Crippen molar-refractivity contribution in [1.29, 1.82) is 0 Å². The lowest BCUT2D eigenvalue weighted by atomic mass is 9.92. The summed E-state index contributed by atoms with van der Waals surface area (Å²) < 4.78 is 0.990. The molecule has 17 heavy (non-hydrogen) atoms. The summed E-state index contributed by atoms with van der Waals surface area (Å²) in [5.74, 6) is -0.627. The fraction of sp³-hybridized carbons (Fsp3) is 0.333. The van der Waals surface area contributed by atoms with Crippen LogP contribution in [0.5, 0.6) is 0 Å². The third kappa shape index (κ3) is 3.99. The second-order valence-electron chi connectivity index (χ2n) is 4.44. The minimum Gasteiger partial charge on any atom is -0.369 e. The van der Waals surface area contributed by atoms with Gasteiger partial charge >= 0.3 is 0 Å². The highest BCUT2D eigenvalue weighted by atomic mass is 127. The number of nitrogens with one attached hydrogen (secondary N) is 1. The Labute approximate surface area is 114 Å². The second-order valence-corrected chi connectivity index (χ2v) is 5.69. The van der Waals surface area contributed by atoms with Crippen LogP contribution >= 0.6 is 22.6 Å². The molecule has 0 saturated heterocycles. The van der Waals surface area contributed by atoms with Crippen LogP contribution in [0, 0.1) is 8.99 Å². The molecule has 0 radical (unpaired) electrons. The van der Waals surface area contributed by atoms with Crippen molar-refractivity contribution in [3.05, 3.63) is 33.4 Å². The molecule has 0 fully saturated rings. The Morgan fingerprint density at radius 2 is 2.06 bits per heavy atom. The molecule has 0 aromatic heterocycles. The van der Waals surface area contributed by atoms with Gasteiger partial charge in [-0.25, -0.2) is 0 Å². The van der Waals surface area contributed by atoms with Crippen LogP contribution in [0.25, 0.3) is 0 Å². The van der Waals surface area contributed by atoms with Gasteiger partial charge in [-0.2, -0.15) is 0 Å². The van der Waals surface area contributed by atoms with E-state index in [-0.39, 0.29) is 12.5 Å². The predicted molar refractivity (Wildman–Crippen MR) is 74.5 cm³/mol. The maximum absolute atomic E-state index is 11.8. The van der Waals surface area contributed by atoms with Crippen LogP contribution in [0.1, 0.15) is 24.2 Å². The number of primary amides is 1. The lowest BCUT2D eigenvalue weighted by molar-refractivity contribution is -0.125. The average Bonchev–Trinajstić information content (AvgIpc) is 2.25. The number of benzene rings is 1. The van der Waals surface area contributed by atoms with E-state index >= 15 is 0 Å². The van der Waals surface area contributed by atoms with Gasteiger partial charge in [-0.3, -0.25) is 9.59 Å². The molecule has 0 spiro atoms. The quantitative estimate of drug-likeness (QED) is 0.812. The molecule has 0 atom stereocenters. The van der Waals surface area contributed by atoms with Crippen LogP contribution in [0.2, 0.25) is 0 Å². The number of amides is 2. The zero-order valence-electron chi connectivity index (χ0n) is 9.79. The molecule has 1 rings (SSSR count). The molecular weight excluding hydrogens is 331 g/mol. The van der Waals surface area contributed by atoms with Crippen molar-refractivity contribution in [2.45, 2.75) is 13.8 Å². The van der Waals surface area contributed by atoms with Crippen LogP contribution in [0.4, 0.5) is 0 Å². The van der Waals surface area contributed by atoms with E-state index in [4.69, 9.17) is 5.73 Å². The molecule has 0 bridgehead atoms. The van der Waals surface area contributed by atoms with Gasteiger partial charge in [-0.1, -0.05) is 6.07 Å². The van der Waals surface area contributed by atoms with Gasteiger partial charge in [0.1, 0.15) is 0 Å². The smallest absolute Gasteiger partial charge is 0.251 e. The topological polar surface area (TPSA) is 72.2 Å². The molecule has 5 heteroatoms. The lowest BCUT2D eigenvalue weighted by Gasteiger charge is -2.20. The average molecular weight is 346 g/mol. The van der Waals surface area contributed by atoms with Crippen molar-refractivity contribution >= 4 is 34.4 Å². The van der Waals surface area contributed by atoms with Gasteiger partial charge in [0.2, 0.25) is 5.91 Å². The zero-order chi connectivity index (χ0) is 13.1. The van der Waals surface area contributed by atoms with Crippen LogP contribution < -0.4 is 11.1 Å². The molecule has 92 valence electrons. The van der Waals surface area contributed by atoms with Crippen LogP contribution in [-0.2, 0) is 4.79 Å². The van der Waals surface area contributed by atoms with Gasteiger partial charge < -0.3 is 11.1 Å². The van der Waals surface area contributed by atoms with Crippen molar-refractivity contribution in [2.75, 3.05) is 6.54 Å². The number of hydrogen-bond acceptors (Lipinski definition) is 2. The summed E-state index contributed by atoms with van der Waals surface area (Å²) in [7, 11) is 0. The summed E-state index contributed by atoms with van der Waals surface area (Å²) in [6.07, 6.45) is 0. The molecule has 0 heterocycles. The molecule has 1 aromatic carbocycles. The highest BCUT2D eigenvalue weighted by molar-refractivity contribution is 14.1. The normalized spacial score (nSPS) is 11.0. The molecule has 0 unspecified atom stereocenters. The van der Waals surface area contributed by atoms with Crippen molar-refractivity contribution in [3.8, 4) is 0 Å². The van der Waals surface area contributed by atoms with E-state index in [1.165, 1.54) is 0 Å². The second kappa shape index (κ2) is 5.48. The largest absolute Gasteiger partial charge is 0.369 e. The van der Waals surface area contributed by atoms with Crippen molar-refractivity contribution in [3.63, 3.8) is 0 Å². The fourth-order valence-electron chi connectivity index (χ4n) is 1.12. The SMILES string of the molecule is CC(C)(CNC(=O)c1cccc(I)c1)C(N)=O. The van der Waals surface area contributed by atoms with Gasteiger partial charge in [0.25, 0.3) is 5.91 Å². The van der Waals surface area contributed by atoms with E-state index in [1.54, 1.807) is 26.0 Å². The molecule has 1 aromatic rings. The highest BCUT2D eigenvalue weighted by Crippen LogP contribution is 2.13. The fourth-order valence-corrected chi connectivity index (χ4v) is 1.66. The van der Waals surface area contributed by atoms with Gasteiger partial charge in [0.15, 0.2) is 0 Å². The Kier molecular flexibility index (Phi) is 4.50. The molecule has 0 aliphatic rings. The number of halogens is 1. The number of carbonyl (C=O) groups excluding carboxylic acids is 2. The van der Waals surface area contributed by atoms with Gasteiger partial charge in [0.05, 0.1) is 5.41 Å². The first-order valence-electron chi connectivity index (χ1n) is 5.16. The summed E-state index contributed by atoms with van der Waals surface area (Å²) in [5, 5.41) is 2.70. The van der Waals surface area contributed by atoms with Crippen LogP contribution in [0.15, 0.2) is 24.3 Å². The van der Waals surface area contributed by atoms with Crippen LogP contribution in [-0.4, -0.2) is 18.4 Å². The number of nitrogens with two attached hydrogens (primary N) is 1. The first-order valence-corrected chi connectivity index (χ1v) is 6.24. The van der Waals surface area contributed by atoms with Gasteiger partial charge in [-0.05, 0) is 54.6 Å². The zero-order valence-corrected chi connectivity index (χ0v) is 11.9. The lowest BCUT2D eigenvalue weighted by Crippen LogP contribution is -2.42. The molecule has 0 aliphatic carbocycles. The first kappa shape index (κ1) is 14.0. The van der Waals surface area contributed by atoms with Crippen molar-refractivity contribution in [2.24, 2.45) is 11.1 Å². The Morgan fingerprint density at radius 3 is 2.59 bits per heavy atom. The first-order chi connectivity index (χ1) is 7.83. The summed E-state index contributed by atoms with van der Waals surface area (Å²) in [5.41, 5.74) is 5.07. The minimum absolute atomic E-state index is 0.196. The summed E-state index contributed by atoms with van der Waals surface area (Å²) in [6, 6.07) is 7.24. The maximum Gasteiger partial charge on any atom is 0.251 e. The van der Waals surface area contributed by atoms with Crippen molar-refractivity contribution < 1.29 is 9.59 Å². The maximum atomic E-state index is 11.8. The number of rotatable bonds is 4. The van der Waals surface area contributed by atoms with E-state index in [0.717, 1.165) is 3.57 Å². The molecular formula is C12H15IN2O2. The van der Waals surface area contributed by atoms with E-state index in [9.17, 15) is 9.59 Å². The summed E-state index contributed by atoms with van der Waals surface area (Å²) in [6.45, 7) is 3.63. The minimum atomic E-state index is -0.738. The predicted octanol–water partition coefficient (Wildman–Crippen LogP) is 1.53. The van der Waals surface area contributed by atoms with E-state index < -0.39 is 11.3 Å². The Bertz CT molecular complexity index is 444. The molecule has 3 N–H and O–H groups in total. The summed E-state index contributed by atoms with van der Waals surface area (Å²) in [4.78, 5) is 22.9. The molecule has 0 aliphatic heterocycles. The number of carbonyl (C=O) groups is 2. The highest BCUT2D eigenvalue weighted by Gasteiger charge is 2.25. The van der Waals surface area contributed by atoms with E-state index in [1.807, 2.05) is 12.1 Å². The Hall–Kier alpha value is -1.11. The third-order valence-electron chi connectivity index (χ3n) is 2.44.